The van der Waals surface area contributed by atoms with E-state index >= 15 is 0 Å². The Morgan fingerprint density at radius 1 is 1.11 bits per heavy atom. The fraction of sp³-hybridized carbons (Fsp3) is 0.269. The van der Waals surface area contributed by atoms with Crippen LogP contribution in [0.2, 0.25) is 0 Å². The molecule has 0 atom stereocenters. The molecule has 0 spiro atoms. The number of fused-ring (bicyclic) bond motifs is 2. The highest BCUT2D eigenvalue weighted by molar-refractivity contribution is 5.95. The Balaban J connectivity index is 1.22. The molecule has 2 aliphatic rings. The standard InChI is InChI=1S/C26H20F4N6O2/c27-19-6-5-14(10-20-16-3-1-2-4-17(16)22(37)35-34-20)9-18(19)23(38)36-12-15-11-31-24(32-21(15)13-36)33-25(7-8-25)26(28,29)30/h1-6,9,11H,7-8,10,12-13H2,(H,35,37)(H,31,32,33). The number of amides is 1. The number of halogens is 4. The van der Waals surface area contributed by atoms with Gasteiger partial charge in [-0.05, 0) is 36.6 Å². The number of hydrogen-bond acceptors (Lipinski definition) is 6. The van der Waals surface area contributed by atoms with Crippen LogP contribution in [0.5, 0.6) is 0 Å². The molecule has 3 heterocycles. The Labute approximate surface area is 212 Å². The van der Waals surface area contributed by atoms with E-state index in [1.165, 1.54) is 23.2 Å². The van der Waals surface area contributed by atoms with Crippen LogP contribution in [0.25, 0.3) is 10.8 Å². The van der Waals surface area contributed by atoms with E-state index in [1.54, 1.807) is 30.3 Å². The minimum absolute atomic E-state index is 0.0141. The molecule has 8 nitrogen and oxygen atoms in total. The van der Waals surface area contributed by atoms with Crippen molar-refractivity contribution in [1.82, 2.24) is 25.1 Å². The number of nitrogens with one attached hydrogen (secondary N) is 2. The first-order chi connectivity index (χ1) is 18.1. The van der Waals surface area contributed by atoms with Gasteiger partial charge in [-0.3, -0.25) is 9.59 Å². The van der Waals surface area contributed by atoms with Crippen LogP contribution in [-0.4, -0.2) is 42.7 Å². The first-order valence-electron chi connectivity index (χ1n) is 11.9. The van der Waals surface area contributed by atoms with Crippen LogP contribution in [0.1, 0.15) is 45.7 Å². The molecular weight excluding hydrogens is 504 g/mol. The second-order valence-electron chi connectivity index (χ2n) is 9.57. The molecule has 6 rings (SSSR count). The number of carbonyl (C=O) groups excluding carboxylic acids is 1. The molecule has 194 valence electrons. The summed E-state index contributed by atoms with van der Waals surface area (Å²) in [5, 5.41) is 10.1. The highest BCUT2D eigenvalue weighted by Crippen LogP contribution is 2.50. The van der Waals surface area contributed by atoms with E-state index in [4.69, 9.17) is 0 Å². The Hall–Kier alpha value is -4.35. The topological polar surface area (TPSA) is 104 Å². The van der Waals surface area contributed by atoms with Gasteiger partial charge in [0.05, 0.1) is 28.9 Å². The molecular formula is C26H20F4N6O2. The van der Waals surface area contributed by atoms with E-state index in [0.717, 1.165) is 0 Å². The fourth-order valence-electron chi connectivity index (χ4n) is 4.69. The molecule has 1 aliphatic heterocycles. The molecule has 1 amide bonds. The van der Waals surface area contributed by atoms with Crippen molar-refractivity contribution in [3.63, 3.8) is 0 Å². The molecule has 1 fully saturated rings. The summed E-state index contributed by atoms with van der Waals surface area (Å²) in [4.78, 5) is 34.9. The zero-order valence-electron chi connectivity index (χ0n) is 19.8. The summed E-state index contributed by atoms with van der Waals surface area (Å²) in [5.41, 5.74) is -0.295. The number of aromatic amines is 1. The van der Waals surface area contributed by atoms with Gasteiger partial charge in [0.15, 0.2) is 0 Å². The van der Waals surface area contributed by atoms with Crippen molar-refractivity contribution < 1.29 is 22.4 Å². The Morgan fingerprint density at radius 3 is 2.61 bits per heavy atom. The second-order valence-corrected chi connectivity index (χ2v) is 9.57. The van der Waals surface area contributed by atoms with E-state index in [0.29, 0.717) is 33.3 Å². The molecule has 0 unspecified atom stereocenters. The summed E-state index contributed by atoms with van der Waals surface area (Å²) >= 11 is 0. The van der Waals surface area contributed by atoms with Crippen LogP contribution in [0.3, 0.4) is 0 Å². The lowest BCUT2D eigenvalue weighted by Crippen LogP contribution is -2.39. The average Bonchev–Trinajstić information content (AvgIpc) is 3.57. The smallest absolute Gasteiger partial charge is 0.340 e. The van der Waals surface area contributed by atoms with Gasteiger partial charge in [-0.1, -0.05) is 24.3 Å². The third kappa shape index (κ3) is 4.15. The summed E-state index contributed by atoms with van der Waals surface area (Å²) in [5.74, 6) is -1.44. The van der Waals surface area contributed by atoms with E-state index in [-0.39, 0.29) is 49.4 Å². The van der Waals surface area contributed by atoms with Crippen LogP contribution in [-0.2, 0) is 19.5 Å². The van der Waals surface area contributed by atoms with Gasteiger partial charge >= 0.3 is 6.18 Å². The van der Waals surface area contributed by atoms with Gasteiger partial charge in [-0.2, -0.15) is 18.3 Å². The monoisotopic (exact) mass is 524 g/mol. The van der Waals surface area contributed by atoms with Gasteiger partial charge in [0.25, 0.3) is 11.5 Å². The lowest BCUT2D eigenvalue weighted by molar-refractivity contribution is -0.151. The van der Waals surface area contributed by atoms with Crippen molar-refractivity contribution in [2.24, 2.45) is 0 Å². The predicted molar refractivity (Wildman–Crippen MR) is 129 cm³/mol. The molecule has 12 heteroatoms. The summed E-state index contributed by atoms with van der Waals surface area (Å²) in [6, 6.07) is 11.2. The summed E-state index contributed by atoms with van der Waals surface area (Å²) in [6.07, 6.45) is -2.89. The molecule has 4 aromatic rings. The van der Waals surface area contributed by atoms with Crippen molar-refractivity contribution >= 4 is 22.6 Å². The van der Waals surface area contributed by atoms with E-state index in [2.05, 4.69) is 25.5 Å². The van der Waals surface area contributed by atoms with Crippen LogP contribution in [0.4, 0.5) is 23.5 Å². The molecule has 0 radical (unpaired) electrons. The average molecular weight is 524 g/mol. The Morgan fingerprint density at radius 2 is 1.87 bits per heavy atom. The molecule has 1 saturated carbocycles. The first kappa shape index (κ1) is 24.0. The minimum Gasteiger partial charge on any atom is -0.340 e. The SMILES string of the molecule is O=C(c1cc(Cc2n[nH]c(=O)c3ccccc23)ccc1F)N1Cc2cnc(NC3(C(F)(F)F)CC3)nc2C1. The third-order valence-corrected chi connectivity index (χ3v) is 6.99. The lowest BCUT2D eigenvalue weighted by atomic mass is 10.0. The van der Waals surface area contributed by atoms with Crippen LogP contribution in [0, 0.1) is 5.82 Å². The van der Waals surface area contributed by atoms with E-state index in [9.17, 15) is 27.2 Å². The molecule has 2 N–H and O–H groups in total. The van der Waals surface area contributed by atoms with Crippen molar-refractivity contribution in [3.8, 4) is 0 Å². The maximum Gasteiger partial charge on any atom is 0.411 e. The number of alkyl halides is 3. The summed E-state index contributed by atoms with van der Waals surface area (Å²) in [7, 11) is 0. The van der Waals surface area contributed by atoms with Crippen molar-refractivity contribution in [1.29, 1.82) is 0 Å². The maximum atomic E-state index is 14.8. The quantitative estimate of drug-likeness (QED) is 0.381. The maximum absolute atomic E-state index is 14.8. The van der Waals surface area contributed by atoms with Gasteiger partial charge in [-0.15, -0.1) is 0 Å². The predicted octanol–water partition coefficient (Wildman–Crippen LogP) is 4.11. The van der Waals surface area contributed by atoms with Crippen molar-refractivity contribution in [3.05, 3.63) is 92.9 Å². The van der Waals surface area contributed by atoms with Crippen LogP contribution in [0.15, 0.2) is 53.5 Å². The Kier molecular flexibility index (Phi) is 5.44. The van der Waals surface area contributed by atoms with E-state index in [1.807, 2.05) is 0 Å². The molecule has 38 heavy (non-hydrogen) atoms. The molecule has 0 bridgehead atoms. The van der Waals surface area contributed by atoms with Gasteiger partial charge in [0.2, 0.25) is 5.95 Å². The lowest BCUT2D eigenvalue weighted by Gasteiger charge is -2.20. The zero-order chi connectivity index (χ0) is 26.7. The number of nitrogens with zero attached hydrogens (tertiary/aromatic N) is 4. The molecule has 2 aromatic heterocycles. The largest absolute Gasteiger partial charge is 0.411 e. The zero-order valence-corrected chi connectivity index (χ0v) is 19.8. The van der Waals surface area contributed by atoms with Gasteiger partial charge < -0.3 is 10.2 Å². The number of H-pyrrole nitrogens is 1. The number of carbonyl (C=O) groups is 1. The number of aromatic nitrogens is 4. The summed E-state index contributed by atoms with van der Waals surface area (Å²) < 4.78 is 54.6. The van der Waals surface area contributed by atoms with Gasteiger partial charge in [0.1, 0.15) is 11.4 Å². The van der Waals surface area contributed by atoms with Gasteiger partial charge in [-0.25, -0.2) is 19.5 Å². The highest BCUT2D eigenvalue weighted by Gasteiger charge is 2.64. The molecule has 2 aromatic carbocycles. The van der Waals surface area contributed by atoms with Gasteiger partial charge in [0, 0.05) is 30.1 Å². The highest BCUT2D eigenvalue weighted by atomic mass is 19.4. The van der Waals surface area contributed by atoms with Crippen LogP contribution < -0.4 is 10.9 Å². The number of rotatable bonds is 5. The van der Waals surface area contributed by atoms with Crippen molar-refractivity contribution in [2.45, 2.75) is 44.1 Å². The molecule has 0 saturated heterocycles. The minimum atomic E-state index is -4.42. The van der Waals surface area contributed by atoms with Crippen LogP contribution >= 0.6 is 0 Å². The van der Waals surface area contributed by atoms with Crippen molar-refractivity contribution in [2.75, 3.05) is 5.32 Å². The summed E-state index contributed by atoms with van der Waals surface area (Å²) in [6.45, 7) is 0.120. The molecule has 1 aliphatic carbocycles. The normalized spacial score (nSPS) is 15.9. The third-order valence-electron chi connectivity index (χ3n) is 6.99. The van der Waals surface area contributed by atoms with E-state index < -0.39 is 23.4 Å². The Bertz CT molecular complexity index is 1650. The number of anilines is 1. The second kappa shape index (κ2) is 8.61. The fourth-order valence-corrected chi connectivity index (χ4v) is 4.69. The number of hydrogen-bond donors (Lipinski definition) is 2. The number of benzene rings is 2. The first-order valence-corrected chi connectivity index (χ1v) is 11.9.